The predicted octanol–water partition coefficient (Wildman–Crippen LogP) is 2.37. The number of halogens is 1. The van der Waals surface area contributed by atoms with Gasteiger partial charge in [0, 0.05) is 24.5 Å². The molecule has 1 amide bonds. The van der Waals surface area contributed by atoms with Gasteiger partial charge in [0.25, 0.3) is 5.91 Å². The summed E-state index contributed by atoms with van der Waals surface area (Å²) in [4.78, 5) is 19.6. The molecule has 0 spiro atoms. The van der Waals surface area contributed by atoms with Crippen LogP contribution in [0.15, 0.2) is 0 Å². The Hall–Kier alpha value is -0.690. The van der Waals surface area contributed by atoms with Crippen LogP contribution >= 0.6 is 22.9 Å². The standard InChI is InChI=1S/C14H22ClN3O2S/c1-10(2)12-11(17-14(15)21-12)13(19)16-4-3-5-18-6-8-20-9-7-18/h10H,3-9H2,1-2H3,(H,16,19). The summed E-state index contributed by atoms with van der Waals surface area (Å²) in [5.41, 5.74) is 0.478. The molecule has 1 aromatic rings. The molecule has 0 atom stereocenters. The molecular formula is C14H22ClN3O2S. The van der Waals surface area contributed by atoms with E-state index in [1.54, 1.807) is 0 Å². The van der Waals surface area contributed by atoms with Crippen molar-refractivity contribution >= 4 is 28.8 Å². The lowest BCUT2D eigenvalue weighted by Gasteiger charge is -2.26. The van der Waals surface area contributed by atoms with Crippen LogP contribution in [0.2, 0.25) is 4.47 Å². The fourth-order valence-corrected chi connectivity index (χ4v) is 3.39. The van der Waals surface area contributed by atoms with Gasteiger partial charge in [-0.3, -0.25) is 9.69 Å². The highest BCUT2D eigenvalue weighted by molar-refractivity contribution is 7.16. The monoisotopic (exact) mass is 331 g/mol. The zero-order chi connectivity index (χ0) is 15.2. The summed E-state index contributed by atoms with van der Waals surface area (Å²) in [6.45, 7) is 9.29. The molecule has 0 aromatic carbocycles. The van der Waals surface area contributed by atoms with Crippen LogP contribution in [0, 0.1) is 0 Å². The lowest BCUT2D eigenvalue weighted by atomic mass is 10.1. The number of morpholine rings is 1. The first kappa shape index (κ1) is 16.7. The second-order valence-electron chi connectivity index (χ2n) is 5.40. The number of thiazole rings is 1. The highest BCUT2D eigenvalue weighted by Crippen LogP contribution is 2.29. The third-order valence-corrected chi connectivity index (χ3v) is 4.87. The van der Waals surface area contributed by atoms with Crippen LogP contribution in [-0.4, -0.2) is 55.2 Å². The first-order valence-corrected chi connectivity index (χ1v) is 8.52. The molecule has 1 N–H and O–H groups in total. The molecule has 21 heavy (non-hydrogen) atoms. The fourth-order valence-electron chi connectivity index (χ4n) is 2.27. The van der Waals surface area contributed by atoms with E-state index in [-0.39, 0.29) is 11.8 Å². The molecule has 2 heterocycles. The fraction of sp³-hybridized carbons (Fsp3) is 0.714. The number of nitrogens with one attached hydrogen (secondary N) is 1. The van der Waals surface area contributed by atoms with Crippen molar-refractivity contribution in [3.8, 4) is 0 Å². The van der Waals surface area contributed by atoms with Gasteiger partial charge in [0.05, 0.1) is 13.2 Å². The van der Waals surface area contributed by atoms with Gasteiger partial charge in [-0.05, 0) is 18.9 Å². The maximum Gasteiger partial charge on any atom is 0.271 e. The third kappa shape index (κ3) is 4.92. The third-order valence-electron chi connectivity index (χ3n) is 3.41. The second kappa shape index (κ2) is 8.08. The Kier molecular flexibility index (Phi) is 6.41. The van der Waals surface area contributed by atoms with E-state index < -0.39 is 0 Å². The first-order chi connectivity index (χ1) is 10.1. The zero-order valence-electron chi connectivity index (χ0n) is 12.5. The summed E-state index contributed by atoms with van der Waals surface area (Å²) in [5.74, 6) is 0.132. The van der Waals surface area contributed by atoms with Crippen LogP contribution < -0.4 is 5.32 Å². The summed E-state index contributed by atoms with van der Waals surface area (Å²) < 4.78 is 5.74. The van der Waals surface area contributed by atoms with Gasteiger partial charge in [-0.1, -0.05) is 25.4 Å². The SMILES string of the molecule is CC(C)c1sc(Cl)nc1C(=O)NCCCN1CCOCC1. The molecule has 2 rings (SSSR count). The molecule has 118 valence electrons. The molecule has 1 fully saturated rings. The molecule has 0 bridgehead atoms. The summed E-state index contributed by atoms with van der Waals surface area (Å²) in [6, 6.07) is 0. The number of amides is 1. The Morgan fingerprint density at radius 1 is 1.48 bits per heavy atom. The van der Waals surface area contributed by atoms with Crippen molar-refractivity contribution in [2.75, 3.05) is 39.4 Å². The van der Waals surface area contributed by atoms with Crippen molar-refractivity contribution in [2.24, 2.45) is 0 Å². The number of hydrogen-bond donors (Lipinski definition) is 1. The molecule has 0 radical (unpaired) electrons. The zero-order valence-corrected chi connectivity index (χ0v) is 14.1. The summed E-state index contributed by atoms with van der Waals surface area (Å²) >= 11 is 7.31. The maximum atomic E-state index is 12.2. The molecule has 1 aromatic heterocycles. The molecule has 0 unspecified atom stereocenters. The summed E-state index contributed by atoms with van der Waals surface area (Å²) in [7, 11) is 0. The number of rotatable bonds is 6. The van der Waals surface area contributed by atoms with Crippen LogP contribution in [0.1, 0.15) is 41.6 Å². The Bertz CT molecular complexity index is 473. The minimum Gasteiger partial charge on any atom is -0.379 e. The summed E-state index contributed by atoms with van der Waals surface area (Å²) in [5, 5.41) is 2.94. The van der Waals surface area contributed by atoms with Crippen molar-refractivity contribution in [1.82, 2.24) is 15.2 Å². The number of aromatic nitrogens is 1. The molecule has 7 heteroatoms. The topological polar surface area (TPSA) is 54.5 Å². The average Bonchev–Trinajstić information content (AvgIpc) is 2.87. The van der Waals surface area contributed by atoms with Crippen molar-refractivity contribution in [3.05, 3.63) is 15.0 Å². The average molecular weight is 332 g/mol. The Morgan fingerprint density at radius 3 is 2.86 bits per heavy atom. The first-order valence-electron chi connectivity index (χ1n) is 7.32. The van der Waals surface area contributed by atoms with Crippen molar-refractivity contribution in [2.45, 2.75) is 26.2 Å². The number of ether oxygens (including phenoxy) is 1. The minimum absolute atomic E-state index is 0.121. The van der Waals surface area contributed by atoms with Crippen LogP contribution in [0.3, 0.4) is 0 Å². The van der Waals surface area contributed by atoms with Gasteiger partial charge in [0.1, 0.15) is 5.69 Å². The largest absolute Gasteiger partial charge is 0.379 e. The molecule has 5 nitrogen and oxygen atoms in total. The highest BCUT2D eigenvalue weighted by atomic mass is 35.5. The Labute approximate surface area is 134 Å². The van der Waals surface area contributed by atoms with Crippen LogP contribution in [0.5, 0.6) is 0 Å². The number of carbonyl (C=O) groups excluding carboxylic acids is 1. The van der Waals surface area contributed by atoms with Gasteiger partial charge in [0.15, 0.2) is 4.47 Å². The van der Waals surface area contributed by atoms with E-state index in [1.807, 2.05) is 13.8 Å². The van der Waals surface area contributed by atoms with Crippen molar-refractivity contribution in [3.63, 3.8) is 0 Å². The molecule has 1 saturated heterocycles. The van der Waals surface area contributed by atoms with Gasteiger partial charge >= 0.3 is 0 Å². The van der Waals surface area contributed by atoms with Gasteiger partial charge < -0.3 is 10.1 Å². The molecule has 0 saturated carbocycles. The predicted molar refractivity (Wildman–Crippen MR) is 85.4 cm³/mol. The Balaban J connectivity index is 1.76. The number of nitrogens with zero attached hydrogens (tertiary/aromatic N) is 2. The maximum absolute atomic E-state index is 12.2. The van der Waals surface area contributed by atoms with E-state index in [1.165, 1.54) is 11.3 Å². The molecular weight excluding hydrogens is 310 g/mol. The van der Waals surface area contributed by atoms with Crippen LogP contribution in [0.25, 0.3) is 0 Å². The smallest absolute Gasteiger partial charge is 0.271 e. The van der Waals surface area contributed by atoms with E-state index in [2.05, 4.69) is 15.2 Å². The number of hydrogen-bond acceptors (Lipinski definition) is 5. The Morgan fingerprint density at radius 2 is 2.19 bits per heavy atom. The normalized spacial score (nSPS) is 16.4. The quantitative estimate of drug-likeness (QED) is 0.813. The van der Waals surface area contributed by atoms with E-state index in [4.69, 9.17) is 16.3 Å². The van der Waals surface area contributed by atoms with Crippen molar-refractivity contribution < 1.29 is 9.53 Å². The lowest BCUT2D eigenvalue weighted by Crippen LogP contribution is -2.38. The molecule has 0 aliphatic carbocycles. The molecule has 1 aliphatic heterocycles. The number of carbonyl (C=O) groups is 1. The lowest BCUT2D eigenvalue weighted by molar-refractivity contribution is 0.0374. The van der Waals surface area contributed by atoms with Gasteiger partial charge in [-0.25, -0.2) is 4.98 Å². The molecule has 1 aliphatic rings. The van der Waals surface area contributed by atoms with E-state index in [0.29, 0.717) is 16.7 Å². The van der Waals surface area contributed by atoms with E-state index in [9.17, 15) is 4.79 Å². The second-order valence-corrected chi connectivity index (χ2v) is 7.01. The van der Waals surface area contributed by atoms with E-state index >= 15 is 0 Å². The van der Waals surface area contributed by atoms with Crippen LogP contribution in [-0.2, 0) is 4.74 Å². The van der Waals surface area contributed by atoms with Gasteiger partial charge in [0.2, 0.25) is 0 Å². The van der Waals surface area contributed by atoms with Gasteiger partial charge in [-0.2, -0.15) is 0 Å². The van der Waals surface area contributed by atoms with Crippen LogP contribution in [0.4, 0.5) is 0 Å². The van der Waals surface area contributed by atoms with Crippen molar-refractivity contribution in [1.29, 1.82) is 0 Å². The van der Waals surface area contributed by atoms with Gasteiger partial charge in [-0.15, -0.1) is 11.3 Å². The highest BCUT2D eigenvalue weighted by Gasteiger charge is 2.19. The summed E-state index contributed by atoms with van der Waals surface area (Å²) in [6.07, 6.45) is 0.931. The van der Waals surface area contributed by atoms with E-state index in [0.717, 1.165) is 44.1 Å². The minimum atomic E-state index is -0.121.